The van der Waals surface area contributed by atoms with Crippen LogP contribution in [0.1, 0.15) is 50.1 Å². The summed E-state index contributed by atoms with van der Waals surface area (Å²) >= 11 is 1.70. The van der Waals surface area contributed by atoms with Crippen LogP contribution in [0.15, 0.2) is 16.7 Å². The van der Waals surface area contributed by atoms with Crippen LogP contribution in [-0.2, 0) is 19.5 Å². The maximum absolute atomic E-state index is 4.62. The van der Waals surface area contributed by atoms with Gasteiger partial charge in [0.25, 0.3) is 0 Å². The number of halogens is 1. The van der Waals surface area contributed by atoms with E-state index in [0.29, 0.717) is 12.5 Å². The van der Waals surface area contributed by atoms with Crippen LogP contribution in [0.25, 0.3) is 0 Å². The molecule has 0 atom stereocenters. The molecule has 0 radical (unpaired) electrons. The summed E-state index contributed by atoms with van der Waals surface area (Å²) in [5.74, 6) is 2.28. The van der Waals surface area contributed by atoms with Gasteiger partial charge in [0, 0.05) is 37.4 Å². The summed E-state index contributed by atoms with van der Waals surface area (Å²) in [5.41, 5.74) is 1.02. The molecule has 9 heteroatoms. The van der Waals surface area contributed by atoms with Crippen molar-refractivity contribution in [2.75, 3.05) is 13.1 Å². The number of aliphatic imine (C=N–C) groups is 1. The highest BCUT2D eigenvalue weighted by Crippen LogP contribution is 2.19. The van der Waals surface area contributed by atoms with Crippen LogP contribution < -0.4 is 10.6 Å². The van der Waals surface area contributed by atoms with Crippen molar-refractivity contribution in [3.8, 4) is 0 Å². The van der Waals surface area contributed by atoms with E-state index >= 15 is 0 Å². The van der Waals surface area contributed by atoms with Gasteiger partial charge >= 0.3 is 0 Å². The minimum absolute atomic E-state index is 0. The first-order valence-corrected chi connectivity index (χ1v) is 9.35. The minimum atomic E-state index is 0. The Bertz CT molecular complexity index is 650. The maximum atomic E-state index is 4.62. The Balaban J connectivity index is 0.00000312. The van der Waals surface area contributed by atoms with E-state index in [2.05, 4.69) is 68.4 Å². The molecule has 0 amide bonds. The molecule has 2 aromatic heterocycles. The molecule has 0 fully saturated rings. The third-order valence-corrected chi connectivity index (χ3v) is 4.66. The number of hydrogen-bond acceptors (Lipinski definition) is 5. The fourth-order valence-electron chi connectivity index (χ4n) is 2.20. The molecule has 0 unspecified atom stereocenters. The zero-order chi connectivity index (χ0) is 17.4. The topological polar surface area (TPSA) is 80.0 Å². The van der Waals surface area contributed by atoms with Crippen LogP contribution >= 0.6 is 35.3 Å². The molecule has 0 aliphatic carbocycles. The van der Waals surface area contributed by atoms with E-state index in [9.17, 15) is 0 Å². The third kappa shape index (κ3) is 6.89. The van der Waals surface area contributed by atoms with E-state index < -0.39 is 0 Å². The zero-order valence-corrected chi connectivity index (χ0v) is 18.5. The Morgan fingerprint density at radius 1 is 1.32 bits per heavy atom. The summed E-state index contributed by atoms with van der Waals surface area (Å²) in [6.07, 6.45) is 2.66. The molecule has 25 heavy (non-hydrogen) atoms. The predicted molar refractivity (Wildman–Crippen MR) is 114 cm³/mol. The van der Waals surface area contributed by atoms with Crippen molar-refractivity contribution in [3.63, 3.8) is 0 Å². The van der Waals surface area contributed by atoms with Gasteiger partial charge in [-0.3, -0.25) is 0 Å². The molecule has 0 saturated carbocycles. The minimum Gasteiger partial charge on any atom is -0.357 e. The van der Waals surface area contributed by atoms with Gasteiger partial charge in [0.2, 0.25) is 0 Å². The Morgan fingerprint density at radius 3 is 2.76 bits per heavy atom. The first kappa shape index (κ1) is 21.8. The fourth-order valence-corrected chi connectivity index (χ4v) is 3.02. The summed E-state index contributed by atoms with van der Waals surface area (Å²) in [6, 6.07) is 0. The number of aromatic nitrogens is 4. The number of hydrogen-bond donors (Lipinski definition) is 2. The van der Waals surface area contributed by atoms with Gasteiger partial charge in [-0.25, -0.2) is 9.98 Å². The van der Waals surface area contributed by atoms with Crippen molar-refractivity contribution >= 4 is 41.3 Å². The van der Waals surface area contributed by atoms with Crippen LogP contribution in [-0.4, -0.2) is 38.8 Å². The lowest BCUT2D eigenvalue weighted by atomic mass is 10.2. The van der Waals surface area contributed by atoms with Crippen molar-refractivity contribution in [3.05, 3.63) is 28.2 Å². The average Bonchev–Trinajstić information content (AvgIpc) is 3.21. The van der Waals surface area contributed by atoms with E-state index in [1.165, 1.54) is 0 Å². The SMILES string of the molecule is CCNC(=NCc1csc(C(C)C)n1)NCCn1cnnc1CC.I. The molecule has 0 aliphatic rings. The van der Waals surface area contributed by atoms with Gasteiger partial charge in [-0.2, -0.15) is 0 Å². The summed E-state index contributed by atoms with van der Waals surface area (Å²) in [5, 5.41) is 17.9. The molecule has 7 nitrogen and oxygen atoms in total. The number of guanidine groups is 1. The van der Waals surface area contributed by atoms with Gasteiger partial charge in [-0.05, 0) is 6.92 Å². The largest absolute Gasteiger partial charge is 0.357 e. The van der Waals surface area contributed by atoms with Crippen LogP contribution in [0.3, 0.4) is 0 Å². The summed E-state index contributed by atoms with van der Waals surface area (Å²) in [4.78, 5) is 9.24. The molecule has 2 N–H and O–H groups in total. The number of nitrogens with zero attached hydrogens (tertiary/aromatic N) is 5. The van der Waals surface area contributed by atoms with Crippen molar-refractivity contribution in [1.82, 2.24) is 30.4 Å². The second-order valence-corrected chi connectivity index (χ2v) is 6.64. The van der Waals surface area contributed by atoms with Gasteiger partial charge in [-0.1, -0.05) is 20.8 Å². The van der Waals surface area contributed by atoms with E-state index in [1.54, 1.807) is 17.7 Å². The second kappa shape index (κ2) is 11.4. The molecule has 2 aromatic rings. The second-order valence-electron chi connectivity index (χ2n) is 5.75. The summed E-state index contributed by atoms with van der Waals surface area (Å²) < 4.78 is 2.06. The van der Waals surface area contributed by atoms with Crippen molar-refractivity contribution < 1.29 is 0 Å². The monoisotopic (exact) mass is 477 g/mol. The van der Waals surface area contributed by atoms with Crippen LogP contribution in [0, 0.1) is 0 Å². The van der Waals surface area contributed by atoms with Crippen molar-refractivity contribution in [2.24, 2.45) is 4.99 Å². The van der Waals surface area contributed by atoms with Crippen molar-refractivity contribution in [1.29, 1.82) is 0 Å². The van der Waals surface area contributed by atoms with Gasteiger partial charge in [0.15, 0.2) is 5.96 Å². The fraction of sp³-hybridized carbons (Fsp3) is 0.625. The highest BCUT2D eigenvalue weighted by Gasteiger charge is 2.06. The van der Waals surface area contributed by atoms with Crippen molar-refractivity contribution in [2.45, 2.75) is 53.1 Å². The van der Waals surface area contributed by atoms with E-state index in [4.69, 9.17) is 0 Å². The quantitative estimate of drug-likeness (QED) is 0.347. The molecule has 140 valence electrons. The Hall–Kier alpha value is -1.23. The lowest BCUT2D eigenvalue weighted by Gasteiger charge is -2.12. The van der Waals surface area contributed by atoms with E-state index in [0.717, 1.165) is 48.5 Å². The predicted octanol–water partition coefficient (Wildman–Crippen LogP) is 2.79. The third-order valence-electron chi connectivity index (χ3n) is 3.46. The van der Waals surface area contributed by atoms with Crippen LogP contribution in [0.4, 0.5) is 0 Å². The normalized spacial score (nSPS) is 11.5. The zero-order valence-electron chi connectivity index (χ0n) is 15.3. The Kier molecular flexibility index (Phi) is 9.94. The van der Waals surface area contributed by atoms with Gasteiger partial charge in [-0.15, -0.1) is 45.5 Å². The Labute approximate surface area is 170 Å². The molecule has 0 aliphatic heterocycles. The number of aryl methyl sites for hydroxylation is 1. The first-order valence-electron chi connectivity index (χ1n) is 8.47. The van der Waals surface area contributed by atoms with Crippen LogP contribution in [0.5, 0.6) is 0 Å². The van der Waals surface area contributed by atoms with E-state index in [-0.39, 0.29) is 24.0 Å². The van der Waals surface area contributed by atoms with Gasteiger partial charge in [0.1, 0.15) is 12.2 Å². The molecule has 0 bridgehead atoms. The summed E-state index contributed by atoms with van der Waals surface area (Å²) in [7, 11) is 0. The van der Waals surface area contributed by atoms with Gasteiger partial charge in [0.05, 0.1) is 17.2 Å². The Morgan fingerprint density at radius 2 is 2.12 bits per heavy atom. The molecule has 0 saturated heterocycles. The molecule has 0 aromatic carbocycles. The van der Waals surface area contributed by atoms with Gasteiger partial charge < -0.3 is 15.2 Å². The summed E-state index contributed by atoms with van der Waals surface area (Å²) in [6.45, 7) is 11.5. The first-order chi connectivity index (χ1) is 11.6. The molecular weight excluding hydrogens is 449 g/mol. The van der Waals surface area contributed by atoms with E-state index in [1.807, 2.05) is 0 Å². The molecular formula is C16H28IN7S. The highest BCUT2D eigenvalue weighted by molar-refractivity contribution is 14.0. The smallest absolute Gasteiger partial charge is 0.191 e. The highest BCUT2D eigenvalue weighted by atomic mass is 127. The number of nitrogens with one attached hydrogen (secondary N) is 2. The maximum Gasteiger partial charge on any atom is 0.191 e. The number of thiazole rings is 1. The lowest BCUT2D eigenvalue weighted by molar-refractivity contribution is 0.632. The molecule has 0 spiro atoms. The standard InChI is InChI=1S/C16H27N7S.HI/c1-5-14-22-20-11-23(14)8-7-18-16(17-6-2)19-9-13-10-24-15(21-13)12(3)4;/h10-12H,5-9H2,1-4H3,(H2,17,18,19);1H. The van der Waals surface area contributed by atoms with Crippen LogP contribution in [0.2, 0.25) is 0 Å². The molecule has 2 rings (SSSR count). The average molecular weight is 477 g/mol. The molecule has 2 heterocycles. The lowest BCUT2D eigenvalue weighted by Crippen LogP contribution is -2.38. The number of rotatable bonds is 8.